The highest BCUT2D eigenvalue weighted by atomic mass is 16.6. The first-order valence-electron chi connectivity index (χ1n) is 6.16. The summed E-state index contributed by atoms with van der Waals surface area (Å²) in [4.78, 5) is 12.6. The number of hydrogen-bond donors (Lipinski definition) is 1. The lowest BCUT2D eigenvalue weighted by Gasteiger charge is -2.25. The van der Waals surface area contributed by atoms with Crippen molar-refractivity contribution in [3.8, 4) is 0 Å². The molecular weight excluding hydrogens is 232 g/mol. The van der Waals surface area contributed by atoms with Gasteiger partial charge in [0.05, 0.1) is 11.0 Å². The summed E-state index contributed by atoms with van der Waals surface area (Å²) < 4.78 is 0. The maximum atomic E-state index is 10.8. The lowest BCUT2D eigenvalue weighted by molar-refractivity contribution is -0.385. The molecule has 18 heavy (non-hydrogen) atoms. The third kappa shape index (κ3) is 2.52. The van der Waals surface area contributed by atoms with Crippen LogP contribution in [-0.2, 0) is 0 Å². The first-order valence-corrected chi connectivity index (χ1v) is 6.16. The average Bonchev–Trinajstić information content (AvgIpc) is 2.75. The summed E-state index contributed by atoms with van der Waals surface area (Å²) in [5.74, 6) is 0. The van der Waals surface area contributed by atoms with Crippen LogP contribution in [0.3, 0.4) is 0 Å². The maximum absolute atomic E-state index is 10.8. The van der Waals surface area contributed by atoms with Crippen molar-refractivity contribution in [2.75, 3.05) is 13.1 Å². The fraction of sp³-hybridized carbons (Fsp3) is 0.538. The molecule has 1 aromatic carbocycles. The van der Waals surface area contributed by atoms with E-state index < -0.39 is 0 Å². The molecule has 2 atom stereocenters. The van der Waals surface area contributed by atoms with E-state index in [1.54, 1.807) is 12.1 Å². The molecule has 1 unspecified atom stereocenters. The maximum Gasteiger partial charge on any atom is 0.269 e. The predicted molar refractivity (Wildman–Crippen MR) is 68.4 cm³/mol. The molecule has 0 spiro atoms. The highest BCUT2D eigenvalue weighted by Crippen LogP contribution is 2.29. The number of rotatable bonds is 3. The van der Waals surface area contributed by atoms with Crippen LogP contribution >= 0.6 is 0 Å². The van der Waals surface area contributed by atoms with Crippen LogP contribution in [0.25, 0.3) is 0 Å². The van der Waals surface area contributed by atoms with E-state index in [-0.39, 0.29) is 22.8 Å². The normalized spacial score (nSPS) is 22.1. The van der Waals surface area contributed by atoms with Gasteiger partial charge >= 0.3 is 0 Å². The van der Waals surface area contributed by atoms with Gasteiger partial charge in [-0.3, -0.25) is 15.0 Å². The number of hydrogen-bond acceptors (Lipinski definition) is 4. The Kier molecular flexibility index (Phi) is 3.63. The molecule has 1 aliphatic rings. The second-order valence-corrected chi connectivity index (χ2v) is 4.91. The number of aliphatic hydroxyl groups excluding tert-OH is 1. The van der Waals surface area contributed by atoms with Gasteiger partial charge in [0.2, 0.25) is 0 Å². The molecule has 1 N–H and O–H groups in total. The van der Waals surface area contributed by atoms with E-state index in [0.29, 0.717) is 6.54 Å². The van der Waals surface area contributed by atoms with Crippen molar-refractivity contribution in [1.29, 1.82) is 0 Å². The molecule has 98 valence electrons. The van der Waals surface area contributed by atoms with Gasteiger partial charge in [0.1, 0.15) is 0 Å². The van der Waals surface area contributed by atoms with E-state index in [9.17, 15) is 15.2 Å². The quantitative estimate of drug-likeness (QED) is 0.658. The summed E-state index contributed by atoms with van der Waals surface area (Å²) in [7, 11) is 0. The molecule has 5 nitrogen and oxygen atoms in total. The van der Waals surface area contributed by atoms with Crippen molar-refractivity contribution in [2.24, 2.45) is 0 Å². The molecule has 0 aliphatic carbocycles. The zero-order valence-corrected chi connectivity index (χ0v) is 10.7. The number of non-ortho nitro benzene ring substituents is 1. The molecule has 1 heterocycles. The van der Waals surface area contributed by atoms with Crippen LogP contribution in [0.2, 0.25) is 0 Å². The molecule has 0 amide bonds. The molecule has 1 aliphatic heterocycles. The van der Waals surface area contributed by atoms with Crippen molar-refractivity contribution in [3.05, 3.63) is 39.4 Å². The number of β-amino-alcohol motifs (C(OH)–C–C–N with tert-alkyl or cyclic N) is 1. The van der Waals surface area contributed by atoms with Gasteiger partial charge in [-0.05, 0) is 31.4 Å². The summed E-state index contributed by atoms with van der Waals surface area (Å²) in [6.45, 7) is 5.47. The van der Waals surface area contributed by atoms with Crippen molar-refractivity contribution in [1.82, 2.24) is 4.90 Å². The smallest absolute Gasteiger partial charge is 0.269 e. The van der Waals surface area contributed by atoms with E-state index in [1.165, 1.54) is 6.07 Å². The van der Waals surface area contributed by atoms with Crippen LogP contribution in [-0.4, -0.2) is 34.1 Å². The van der Waals surface area contributed by atoms with Crippen LogP contribution in [0, 0.1) is 17.0 Å². The molecule has 0 radical (unpaired) electrons. The first kappa shape index (κ1) is 13.0. The van der Waals surface area contributed by atoms with Crippen LogP contribution in [0.15, 0.2) is 18.2 Å². The summed E-state index contributed by atoms with van der Waals surface area (Å²) in [5, 5.41) is 20.4. The van der Waals surface area contributed by atoms with Crippen molar-refractivity contribution >= 4 is 5.69 Å². The lowest BCUT2D eigenvalue weighted by Crippen LogP contribution is -2.26. The molecule has 1 saturated heterocycles. The predicted octanol–water partition coefficient (Wildman–Crippen LogP) is 2.03. The number of aryl methyl sites for hydroxylation is 1. The molecule has 0 bridgehead atoms. The number of nitrogens with zero attached hydrogens (tertiary/aromatic N) is 2. The Morgan fingerprint density at radius 1 is 1.56 bits per heavy atom. The molecule has 0 aromatic heterocycles. The van der Waals surface area contributed by atoms with Gasteiger partial charge in [0.15, 0.2) is 0 Å². The molecular formula is C13H18N2O3. The summed E-state index contributed by atoms with van der Waals surface area (Å²) in [5.41, 5.74) is 2.15. The van der Waals surface area contributed by atoms with E-state index in [4.69, 9.17) is 0 Å². The van der Waals surface area contributed by atoms with Crippen molar-refractivity contribution < 1.29 is 10.0 Å². The van der Waals surface area contributed by atoms with Crippen molar-refractivity contribution in [3.63, 3.8) is 0 Å². The Labute approximate surface area is 106 Å². The Balaban J connectivity index is 2.26. The van der Waals surface area contributed by atoms with Gasteiger partial charge in [0.25, 0.3) is 5.69 Å². The fourth-order valence-corrected chi connectivity index (χ4v) is 2.51. The summed E-state index contributed by atoms with van der Waals surface area (Å²) in [6, 6.07) is 5.06. The minimum Gasteiger partial charge on any atom is -0.392 e. The molecule has 5 heteroatoms. The van der Waals surface area contributed by atoms with Crippen LogP contribution in [0.1, 0.15) is 30.5 Å². The average molecular weight is 250 g/mol. The Morgan fingerprint density at radius 3 is 2.83 bits per heavy atom. The van der Waals surface area contributed by atoms with Gasteiger partial charge in [0, 0.05) is 31.3 Å². The SMILES string of the molecule is Cc1ccc([N+](=O)[O-])cc1C(C)N1CC[C@H](O)C1. The van der Waals surface area contributed by atoms with E-state index in [0.717, 1.165) is 24.1 Å². The number of nitro groups is 1. The first-order chi connectivity index (χ1) is 8.49. The molecule has 0 saturated carbocycles. The topological polar surface area (TPSA) is 66.6 Å². The largest absolute Gasteiger partial charge is 0.392 e. The monoisotopic (exact) mass is 250 g/mol. The zero-order valence-electron chi connectivity index (χ0n) is 10.7. The minimum absolute atomic E-state index is 0.0991. The van der Waals surface area contributed by atoms with Gasteiger partial charge in [-0.2, -0.15) is 0 Å². The second-order valence-electron chi connectivity index (χ2n) is 4.91. The third-order valence-electron chi connectivity index (χ3n) is 3.67. The highest BCUT2D eigenvalue weighted by molar-refractivity contribution is 5.40. The minimum atomic E-state index is -0.367. The third-order valence-corrected chi connectivity index (χ3v) is 3.67. The standard InChI is InChI=1S/C13H18N2O3/c1-9-3-4-11(15(17)18)7-13(9)10(2)14-6-5-12(16)8-14/h3-4,7,10,12,16H,5-6,8H2,1-2H3/t10?,12-/m0/s1. The summed E-state index contributed by atoms with van der Waals surface area (Å²) >= 11 is 0. The van der Waals surface area contributed by atoms with Crippen LogP contribution in [0.4, 0.5) is 5.69 Å². The van der Waals surface area contributed by atoms with Crippen LogP contribution < -0.4 is 0 Å². The van der Waals surface area contributed by atoms with Gasteiger partial charge in [-0.1, -0.05) is 6.07 Å². The zero-order chi connectivity index (χ0) is 13.3. The van der Waals surface area contributed by atoms with Gasteiger partial charge in [-0.25, -0.2) is 0 Å². The molecule has 2 rings (SSSR count). The second kappa shape index (κ2) is 5.04. The van der Waals surface area contributed by atoms with Gasteiger partial charge in [-0.15, -0.1) is 0 Å². The number of nitro benzene ring substituents is 1. The van der Waals surface area contributed by atoms with Crippen LogP contribution in [0.5, 0.6) is 0 Å². The fourth-order valence-electron chi connectivity index (χ4n) is 2.51. The number of aliphatic hydroxyl groups is 1. The highest BCUT2D eigenvalue weighted by Gasteiger charge is 2.26. The molecule has 1 aromatic rings. The van der Waals surface area contributed by atoms with E-state index >= 15 is 0 Å². The van der Waals surface area contributed by atoms with Gasteiger partial charge < -0.3 is 5.11 Å². The lowest BCUT2D eigenvalue weighted by atomic mass is 10.0. The van der Waals surface area contributed by atoms with E-state index in [1.807, 2.05) is 13.8 Å². The number of likely N-dealkylation sites (tertiary alicyclic amines) is 1. The Hall–Kier alpha value is -1.46. The molecule has 1 fully saturated rings. The number of benzene rings is 1. The Morgan fingerprint density at radius 2 is 2.28 bits per heavy atom. The Bertz CT molecular complexity index is 462. The van der Waals surface area contributed by atoms with E-state index in [2.05, 4.69) is 4.90 Å². The van der Waals surface area contributed by atoms with Crippen molar-refractivity contribution in [2.45, 2.75) is 32.4 Å². The summed E-state index contributed by atoms with van der Waals surface area (Å²) in [6.07, 6.45) is 0.504.